The molecule has 32 heavy (non-hydrogen) atoms. The molecule has 2 N–H and O–H groups in total. The second-order valence-corrected chi connectivity index (χ2v) is 8.76. The minimum absolute atomic E-state index is 0.0403. The highest BCUT2D eigenvalue weighted by Crippen LogP contribution is 2.37. The van der Waals surface area contributed by atoms with E-state index in [1.807, 2.05) is 18.3 Å². The molecule has 0 unspecified atom stereocenters. The normalized spacial score (nSPS) is 23.6. The zero-order valence-electron chi connectivity index (χ0n) is 17.7. The van der Waals surface area contributed by atoms with E-state index in [0.29, 0.717) is 36.3 Å². The number of anilines is 1. The summed E-state index contributed by atoms with van der Waals surface area (Å²) in [4.78, 5) is 19.3. The first kappa shape index (κ1) is 20.9. The molecule has 1 saturated carbocycles. The number of hydrogen-bond acceptors (Lipinski definition) is 4. The number of pyridine rings is 1. The largest absolute Gasteiger partial charge is 0.393 e. The van der Waals surface area contributed by atoms with Crippen LogP contribution in [0.1, 0.15) is 60.6 Å². The van der Waals surface area contributed by atoms with Gasteiger partial charge in [0.25, 0.3) is 5.91 Å². The lowest BCUT2D eigenvalue weighted by molar-refractivity contribution is 0.0862. The van der Waals surface area contributed by atoms with Gasteiger partial charge in [-0.2, -0.15) is 0 Å². The van der Waals surface area contributed by atoms with Crippen LogP contribution in [0.15, 0.2) is 42.7 Å². The lowest BCUT2D eigenvalue weighted by Crippen LogP contribution is -2.39. The minimum atomic E-state index is -0.451. The number of aliphatic hydroxyl groups excluding tert-OH is 1. The van der Waals surface area contributed by atoms with Gasteiger partial charge in [-0.1, -0.05) is 0 Å². The zero-order chi connectivity index (χ0) is 22.2. The Morgan fingerprint density at radius 1 is 1.09 bits per heavy atom. The highest BCUT2D eigenvalue weighted by atomic mass is 19.1. The van der Waals surface area contributed by atoms with E-state index in [-0.39, 0.29) is 24.1 Å². The van der Waals surface area contributed by atoms with Crippen molar-refractivity contribution < 1.29 is 18.7 Å². The lowest BCUT2D eigenvalue weighted by atomic mass is 9.93. The van der Waals surface area contributed by atoms with Crippen LogP contribution in [0, 0.1) is 11.6 Å². The fourth-order valence-corrected chi connectivity index (χ4v) is 4.96. The molecule has 2 aliphatic rings. The minimum Gasteiger partial charge on any atom is -0.393 e. The van der Waals surface area contributed by atoms with Crippen LogP contribution in [-0.4, -0.2) is 39.1 Å². The molecule has 6 nitrogen and oxygen atoms in total. The third kappa shape index (κ3) is 3.95. The number of amides is 1. The van der Waals surface area contributed by atoms with Gasteiger partial charge in [-0.15, -0.1) is 0 Å². The van der Waals surface area contributed by atoms with Crippen molar-refractivity contribution in [2.24, 2.45) is 0 Å². The van der Waals surface area contributed by atoms with Crippen molar-refractivity contribution >= 4 is 17.2 Å². The summed E-state index contributed by atoms with van der Waals surface area (Å²) in [5.74, 6) is -1.07. The van der Waals surface area contributed by atoms with Crippen molar-refractivity contribution in [3.63, 3.8) is 0 Å². The molecule has 3 aromatic rings. The van der Waals surface area contributed by atoms with Crippen molar-refractivity contribution in [1.29, 1.82) is 0 Å². The number of carbonyl (C=O) groups excluding carboxylic acids is 1. The van der Waals surface area contributed by atoms with Gasteiger partial charge in [-0.05, 0) is 68.9 Å². The van der Waals surface area contributed by atoms with Crippen molar-refractivity contribution in [3.8, 4) is 0 Å². The topological polar surface area (TPSA) is 69.9 Å². The second kappa shape index (κ2) is 8.50. The molecule has 1 aliphatic carbocycles. The molecule has 0 bridgehead atoms. The van der Waals surface area contributed by atoms with Crippen LogP contribution in [0.2, 0.25) is 0 Å². The van der Waals surface area contributed by atoms with Crippen LogP contribution in [0.5, 0.6) is 0 Å². The maximum Gasteiger partial charge on any atom is 0.270 e. The number of fused-ring (bicyclic) bond motifs is 1. The molecule has 5 rings (SSSR count). The van der Waals surface area contributed by atoms with Gasteiger partial charge < -0.3 is 15.3 Å². The van der Waals surface area contributed by atoms with Gasteiger partial charge in [0.15, 0.2) is 0 Å². The Bertz CT molecular complexity index is 1140. The molecular formula is C24H26F2N4O2. The summed E-state index contributed by atoms with van der Waals surface area (Å²) < 4.78 is 30.0. The third-order valence-corrected chi connectivity index (χ3v) is 6.66. The molecule has 168 valence electrons. The van der Waals surface area contributed by atoms with Gasteiger partial charge in [0, 0.05) is 24.3 Å². The molecule has 1 aromatic carbocycles. The molecule has 1 amide bonds. The highest BCUT2D eigenvalue weighted by Gasteiger charge is 2.29. The molecule has 8 heteroatoms. The van der Waals surface area contributed by atoms with Crippen LogP contribution < -0.4 is 10.2 Å². The van der Waals surface area contributed by atoms with E-state index in [0.717, 1.165) is 37.4 Å². The smallest absolute Gasteiger partial charge is 0.270 e. The Balaban J connectivity index is 1.42. The Morgan fingerprint density at radius 2 is 1.91 bits per heavy atom. The maximum absolute atomic E-state index is 14.5. The van der Waals surface area contributed by atoms with E-state index in [1.165, 1.54) is 12.1 Å². The predicted molar refractivity (Wildman–Crippen MR) is 117 cm³/mol. The number of benzene rings is 1. The summed E-state index contributed by atoms with van der Waals surface area (Å²) in [6.45, 7) is 0.715. The second-order valence-electron chi connectivity index (χ2n) is 8.76. The standard InChI is InChI=1S/C24H26F2N4O2/c25-15-3-9-20(26)19(12-15)21-2-1-11-29(21)17-6-10-23-27-13-22(30(23)14-17)24(32)28-16-4-7-18(31)8-5-16/h3,6,9-10,12-14,16,18,21,31H,1-2,4-5,7-8,11H2,(H,28,32)/t16-,18-,21-/m1/s1. The van der Waals surface area contributed by atoms with E-state index in [9.17, 15) is 18.7 Å². The number of aromatic nitrogens is 2. The number of nitrogens with zero attached hydrogens (tertiary/aromatic N) is 3. The molecule has 3 heterocycles. The number of hydrogen-bond donors (Lipinski definition) is 2. The van der Waals surface area contributed by atoms with E-state index < -0.39 is 11.6 Å². The van der Waals surface area contributed by atoms with E-state index >= 15 is 0 Å². The quantitative estimate of drug-likeness (QED) is 0.644. The summed E-state index contributed by atoms with van der Waals surface area (Å²) in [6, 6.07) is 7.09. The van der Waals surface area contributed by atoms with Crippen molar-refractivity contribution in [3.05, 3.63) is 65.6 Å². The summed E-state index contributed by atoms with van der Waals surface area (Å²) in [5.41, 5.74) is 2.26. The van der Waals surface area contributed by atoms with Gasteiger partial charge in [0.2, 0.25) is 0 Å². The number of halogens is 2. The predicted octanol–water partition coefficient (Wildman–Crippen LogP) is 3.99. The number of carbonyl (C=O) groups is 1. The van der Waals surface area contributed by atoms with Crippen molar-refractivity contribution in [1.82, 2.24) is 14.7 Å². The summed E-state index contributed by atoms with van der Waals surface area (Å²) in [6.07, 6.45) is 7.60. The molecular weight excluding hydrogens is 414 g/mol. The fourth-order valence-electron chi connectivity index (χ4n) is 4.96. The first-order chi connectivity index (χ1) is 15.5. The Hall–Kier alpha value is -3.00. The third-order valence-electron chi connectivity index (χ3n) is 6.66. The average molecular weight is 440 g/mol. The molecule has 0 radical (unpaired) electrons. The summed E-state index contributed by atoms with van der Waals surface area (Å²) in [7, 11) is 0. The van der Waals surface area contributed by atoms with Crippen LogP contribution in [0.4, 0.5) is 14.5 Å². The molecule has 1 atom stereocenters. The van der Waals surface area contributed by atoms with Crippen molar-refractivity contribution in [2.75, 3.05) is 11.4 Å². The SMILES string of the molecule is O=C(N[C@H]1CC[C@H](O)CC1)c1cnc2ccc(N3CCC[C@@H]3c3cc(F)ccc3F)cn12. The van der Waals surface area contributed by atoms with Crippen LogP contribution in [0.25, 0.3) is 5.65 Å². The molecule has 1 aliphatic heterocycles. The lowest BCUT2D eigenvalue weighted by Gasteiger charge is -2.28. The van der Waals surface area contributed by atoms with Gasteiger partial charge in [-0.3, -0.25) is 9.20 Å². The van der Waals surface area contributed by atoms with Gasteiger partial charge in [0.1, 0.15) is 23.0 Å². The van der Waals surface area contributed by atoms with E-state index in [1.54, 1.807) is 10.6 Å². The Kier molecular flexibility index (Phi) is 5.55. The zero-order valence-corrected chi connectivity index (χ0v) is 17.7. The Morgan fingerprint density at radius 3 is 2.72 bits per heavy atom. The summed E-state index contributed by atoms with van der Waals surface area (Å²) in [5, 5.41) is 12.7. The molecule has 1 saturated heterocycles. The van der Waals surface area contributed by atoms with E-state index in [4.69, 9.17) is 0 Å². The Labute approximate surface area is 184 Å². The highest BCUT2D eigenvalue weighted by molar-refractivity contribution is 5.93. The first-order valence-electron chi connectivity index (χ1n) is 11.2. The van der Waals surface area contributed by atoms with Gasteiger partial charge in [0.05, 0.1) is 24.0 Å². The monoisotopic (exact) mass is 440 g/mol. The first-order valence-corrected chi connectivity index (χ1v) is 11.2. The van der Waals surface area contributed by atoms with Gasteiger partial charge in [-0.25, -0.2) is 13.8 Å². The number of rotatable bonds is 4. The maximum atomic E-state index is 14.5. The van der Waals surface area contributed by atoms with E-state index in [2.05, 4.69) is 15.2 Å². The van der Waals surface area contributed by atoms with Crippen LogP contribution in [-0.2, 0) is 0 Å². The number of imidazole rings is 1. The molecule has 2 aromatic heterocycles. The van der Waals surface area contributed by atoms with Gasteiger partial charge >= 0.3 is 0 Å². The van der Waals surface area contributed by atoms with Crippen LogP contribution >= 0.6 is 0 Å². The summed E-state index contributed by atoms with van der Waals surface area (Å²) >= 11 is 0. The average Bonchev–Trinajstić information content (AvgIpc) is 3.43. The molecule has 2 fully saturated rings. The number of aliphatic hydroxyl groups is 1. The van der Waals surface area contributed by atoms with Crippen molar-refractivity contribution in [2.45, 2.75) is 56.7 Å². The fraction of sp³-hybridized carbons (Fsp3) is 0.417. The van der Waals surface area contributed by atoms with Crippen LogP contribution in [0.3, 0.4) is 0 Å². The number of nitrogens with one attached hydrogen (secondary N) is 1. The molecule has 0 spiro atoms.